The lowest BCUT2D eigenvalue weighted by Crippen LogP contribution is -2.22. The number of carbonyl (C=O) groups is 1. The Bertz CT molecular complexity index is 882. The lowest BCUT2D eigenvalue weighted by Gasteiger charge is -2.07. The zero-order valence-corrected chi connectivity index (χ0v) is 14.9. The Kier molecular flexibility index (Phi) is 5.29. The number of carbonyl (C=O) groups excluding carboxylic acids is 1. The van der Waals surface area contributed by atoms with Gasteiger partial charge in [-0.25, -0.2) is 4.39 Å². The molecule has 0 bridgehead atoms. The van der Waals surface area contributed by atoms with E-state index in [0.29, 0.717) is 26.7 Å². The van der Waals surface area contributed by atoms with Crippen LogP contribution in [0.15, 0.2) is 39.2 Å². The highest BCUT2D eigenvalue weighted by molar-refractivity contribution is 8.02. The third-order valence-electron chi connectivity index (χ3n) is 3.01. The van der Waals surface area contributed by atoms with E-state index < -0.39 is 5.25 Å². The molecule has 0 aliphatic rings. The van der Waals surface area contributed by atoms with Crippen molar-refractivity contribution in [1.29, 1.82) is 0 Å². The standard InChI is InChI=1S/C15H14FN5O2S2/c1-8-6-12(21-23-8)18-13(22)9(2)24-15-20-19-14(25-15)17-11-5-3-4-10(16)7-11/h3-7,9H,1-2H3,(H,17,19)(H,18,21,22)/t9-/m1/s1. The Morgan fingerprint density at radius 3 is 2.92 bits per heavy atom. The molecule has 0 saturated heterocycles. The van der Waals surface area contributed by atoms with Crippen molar-refractivity contribution in [1.82, 2.24) is 15.4 Å². The molecule has 0 aliphatic heterocycles. The highest BCUT2D eigenvalue weighted by atomic mass is 32.2. The smallest absolute Gasteiger partial charge is 0.238 e. The first-order chi connectivity index (χ1) is 12.0. The van der Waals surface area contributed by atoms with Gasteiger partial charge < -0.3 is 15.2 Å². The van der Waals surface area contributed by atoms with Crippen molar-refractivity contribution in [3.8, 4) is 0 Å². The van der Waals surface area contributed by atoms with Crippen LogP contribution in [0.5, 0.6) is 0 Å². The van der Waals surface area contributed by atoms with E-state index in [4.69, 9.17) is 4.52 Å². The molecule has 0 aliphatic carbocycles. The van der Waals surface area contributed by atoms with E-state index in [1.165, 1.54) is 35.2 Å². The largest absolute Gasteiger partial charge is 0.360 e. The molecule has 1 aromatic carbocycles. The van der Waals surface area contributed by atoms with Crippen LogP contribution in [-0.4, -0.2) is 26.5 Å². The van der Waals surface area contributed by atoms with Crippen LogP contribution in [0.1, 0.15) is 12.7 Å². The minimum atomic E-state index is -0.396. The molecule has 1 atom stereocenters. The maximum Gasteiger partial charge on any atom is 0.238 e. The van der Waals surface area contributed by atoms with E-state index in [9.17, 15) is 9.18 Å². The number of benzene rings is 1. The van der Waals surface area contributed by atoms with Gasteiger partial charge in [-0.15, -0.1) is 10.2 Å². The maximum atomic E-state index is 13.2. The van der Waals surface area contributed by atoms with Crippen LogP contribution >= 0.6 is 23.1 Å². The third kappa shape index (κ3) is 4.77. The van der Waals surface area contributed by atoms with E-state index in [-0.39, 0.29) is 11.7 Å². The van der Waals surface area contributed by atoms with Gasteiger partial charge in [-0.05, 0) is 32.0 Å². The average Bonchev–Trinajstić information content (AvgIpc) is 3.16. The summed E-state index contributed by atoms with van der Waals surface area (Å²) in [7, 11) is 0. The number of anilines is 3. The molecule has 7 nitrogen and oxygen atoms in total. The van der Waals surface area contributed by atoms with Gasteiger partial charge in [0.15, 0.2) is 10.2 Å². The minimum Gasteiger partial charge on any atom is -0.360 e. The summed E-state index contributed by atoms with van der Waals surface area (Å²) in [6, 6.07) is 7.70. The molecule has 130 valence electrons. The maximum absolute atomic E-state index is 13.2. The molecular weight excluding hydrogens is 365 g/mol. The summed E-state index contributed by atoms with van der Waals surface area (Å²) in [5.74, 6) is 0.444. The van der Waals surface area contributed by atoms with Crippen molar-refractivity contribution in [3.63, 3.8) is 0 Å². The van der Waals surface area contributed by atoms with Gasteiger partial charge >= 0.3 is 0 Å². The number of amides is 1. The topological polar surface area (TPSA) is 92.9 Å². The van der Waals surface area contributed by atoms with E-state index in [1.54, 1.807) is 32.0 Å². The van der Waals surface area contributed by atoms with E-state index >= 15 is 0 Å². The highest BCUT2D eigenvalue weighted by Gasteiger charge is 2.18. The van der Waals surface area contributed by atoms with Gasteiger partial charge in [0.1, 0.15) is 11.6 Å². The molecule has 0 unspecified atom stereocenters. The SMILES string of the molecule is Cc1cc(NC(=O)[C@@H](C)Sc2nnc(Nc3cccc(F)c3)s2)no1. The molecule has 3 aromatic rings. The van der Waals surface area contributed by atoms with Gasteiger partial charge in [0.2, 0.25) is 11.0 Å². The summed E-state index contributed by atoms with van der Waals surface area (Å²) in [4.78, 5) is 12.1. The summed E-state index contributed by atoms with van der Waals surface area (Å²) >= 11 is 2.56. The van der Waals surface area contributed by atoms with Gasteiger partial charge in [0.25, 0.3) is 0 Å². The van der Waals surface area contributed by atoms with Gasteiger partial charge in [0, 0.05) is 11.8 Å². The molecule has 3 rings (SSSR count). The molecule has 0 saturated carbocycles. The van der Waals surface area contributed by atoms with Crippen LogP contribution in [0, 0.1) is 12.7 Å². The number of hydrogen-bond acceptors (Lipinski definition) is 8. The Morgan fingerprint density at radius 2 is 2.20 bits per heavy atom. The van der Waals surface area contributed by atoms with Crippen LogP contribution in [0.2, 0.25) is 0 Å². The molecular formula is C15H14FN5O2S2. The van der Waals surface area contributed by atoms with E-state index in [2.05, 4.69) is 26.0 Å². The lowest BCUT2D eigenvalue weighted by atomic mass is 10.3. The molecule has 2 N–H and O–H groups in total. The molecule has 25 heavy (non-hydrogen) atoms. The fourth-order valence-electron chi connectivity index (χ4n) is 1.86. The van der Waals surface area contributed by atoms with Crippen LogP contribution in [0.3, 0.4) is 0 Å². The first-order valence-corrected chi connectivity index (χ1v) is 8.96. The number of nitrogens with one attached hydrogen (secondary N) is 2. The number of aromatic nitrogens is 3. The molecule has 0 fully saturated rings. The number of thioether (sulfide) groups is 1. The summed E-state index contributed by atoms with van der Waals surface area (Å²) in [6.45, 7) is 3.50. The third-order valence-corrected chi connectivity index (χ3v) is 5.03. The number of rotatable bonds is 6. The second-order valence-electron chi connectivity index (χ2n) is 5.08. The second-order valence-corrected chi connectivity index (χ2v) is 7.65. The van der Waals surface area contributed by atoms with Crippen molar-refractivity contribution < 1.29 is 13.7 Å². The Labute approximate surface area is 151 Å². The van der Waals surface area contributed by atoms with Crippen molar-refractivity contribution in [3.05, 3.63) is 41.9 Å². The van der Waals surface area contributed by atoms with Crippen molar-refractivity contribution in [2.75, 3.05) is 10.6 Å². The summed E-state index contributed by atoms with van der Waals surface area (Å²) in [5, 5.41) is 17.5. The molecule has 10 heteroatoms. The van der Waals surface area contributed by atoms with Gasteiger partial charge in [-0.1, -0.05) is 34.3 Å². The molecule has 0 radical (unpaired) electrons. The monoisotopic (exact) mass is 379 g/mol. The van der Waals surface area contributed by atoms with Crippen LogP contribution in [0.25, 0.3) is 0 Å². The number of hydrogen-bond donors (Lipinski definition) is 2. The zero-order chi connectivity index (χ0) is 17.8. The first-order valence-electron chi connectivity index (χ1n) is 7.26. The van der Waals surface area contributed by atoms with Gasteiger partial charge in [-0.2, -0.15) is 0 Å². The van der Waals surface area contributed by atoms with Crippen molar-refractivity contribution in [2.24, 2.45) is 0 Å². The molecule has 1 amide bonds. The van der Waals surface area contributed by atoms with Crippen LogP contribution < -0.4 is 10.6 Å². The number of halogens is 1. The zero-order valence-electron chi connectivity index (χ0n) is 13.3. The second kappa shape index (κ2) is 7.62. The number of aryl methyl sites for hydroxylation is 1. The quantitative estimate of drug-likeness (QED) is 0.629. The predicted octanol–water partition coefficient (Wildman–Crippen LogP) is 3.84. The minimum absolute atomic E-state index is 0.215. The van der Waals surface area contributed by atoms with Crippen molar-refractivity contribution in [2.45, 2.75) is 23.4 Å². The van der Waals surface area contributed by atoms with Crippen LogP contribution in [0.4, 0.5) is 21.0 Å². The molecule has 2 heterocycles. The first kappa shape index (κ1) is 17.4. The Morgan fingerprint density at radius 1 is 1.36 bits per heavy atom. The van der Waals surface area contributed by atoms with Crippen molar-refractivity contribution >= 4 is 45.6 Å². The fourth-order valence-corrected chi connectivity index (χ4v) is 3.77. The summed E-state index contributed by atoms with van der Waals surface area (Å²) < 4.78 is 18.7. The predicted molar refractivity (Wildman–Crippen MR) is 94.8 cm³/mol. The molecule has 0 spiro atoms. The van der Waals surface area contributed by atoms with E-state index in [1.807, 2.05) is 0 Å². The summed E-state index contributed by atoms with van der Waals surface area (Å²) in [6.07, 6.45) is 0. The van der Waals surface area contributed by atoms with E-state index in [0.717, 1.165) is 0 Å². The van der Waals surface area contributed by atoms with Crippen LogP contribution in [-0.2, 0) is 4.79 Å². The Hall–Kier alpha value is -2.46. The Balaban J connectivity index is 1.57. The summed E-state index contributed by atoms with van der Waals surface area (Å²) in [5.41, 5.74) is 0.583. The fraction of sp³-hybridized carbons (Fsp3) is 0.200. The normalized spacial score (nSPS) is 12.0. The van der Waals surface area contributed by atoms with Gasteiger partial charge in [0.05, 0.1) is 5.25 Å². The highest BCUT2D eigenvalue weighted by Crippen LogP contribution is 2.30. The lowest BCUT2D eigenvalue weighted by molar-refractivity contribution is -0.115. The average molecular weight is 379 g/mol. The number of nitrogens with zero attached hydrogens (tertiary/aromatic N) is 3. The molecule has 2 aromatic heterocycles. The van der Waals surface area contributed by atoms with Gasteiger partial charge in [-0.3, -0.25) is 4.79 Å².